The number of carbonyl (C=O) groups is 2. The zero-order valence-electron chi connectivity index (χ0n) is 20.3. The lowest BCUT2D eigenvalue weighted by molar-refractivity contribution is -0.385. The van der Waals surface area contributed by atoms with Crippen LogP contribution in [-0.4, -0.2) is 53.6 Å². The van der Waals surface area contributed by atoms with Crippen molar-refractivity contribution in [1.29, 1.82) is 0 Å². The molecule has 14 heteroatoms. The third-order valence-electron chi connectivity index (χ3n) is 4.85. The number of anilines is 1. The number of sulfonamides is 1. The van der Waals surface area contributed by atoms with Gasteiger partial charge in [0.1, 0.15) is 17.4 Å². The van der Waals surface area contributed by atoms with Crippen LogP contribution < -0.4 is 15.5 Å². The Bertz CT molecular complexity index is 1240. The minimum absolute atomic E-state index is 0.0179. The highest BCUT2D eigenvalue weighted by Crippen LogP contribution is 2.31. The molecule has 0 radical (unpaired) electrons. The van der Waals surface area contributed by atoms with Gasteiger partial charge in [0.2, 0.25) is 10.0 Å². The molecule has 0 unspecified atom stereocenters. The van der Waals surface area contributed by atoms with Gasteiger partial charge in [0.15, 0.2) is 0 Å². The topological polar surface area (TPSA) is 177 Å². The second kappa shape index (κ2) is 11.3. The fourth-order valence-electron chi connectivity index (χ4n) is 3.14. The molecule has 0 aliphatic carbocycles. The van der Waals surface area contributed by atoms with Gasteiger partial charge in [-0.3, -0.25) is 25.4 Å². The summed E-state index contributed by atoms with van der Waals surface area (Å²) in [5, 5.41) is 23.0. The Balaban J connectivity index is 2.57. The molecule has 3 N–H and O–H groups in total. The number of rotatable bonds is 9. The molecule has 0 saturated carbocycles. The third-order valence-corrected chi connectivity index (χ3v) is 6.76. The number of carbonyl (C=O) groups excluding carboxylic acids is 2. The Labute approximate surface area is 208 Å². The van der Waals surface area contributed by atoms with Gasteiger partial charge in [0.05, 0.1) is 22.6 Å². The number of hydrogen-bond acceptors (Lipinski definition) is 9. The largest absolute Gasteiger partial charge is 0.495 e. The van der Waals surface area contributed by atoms with Crippen molar-refractivity contribution in [3.63, 3.8) is 0 Å². The summed E-state index contributed by atoms with van der Waals surface area (Å²) >= 11 is 0. The van der Waals surface area contributed by atoms with Crippen molar-refractivity contribution in [3.05, 3.63) is 58.1 Å². The molecule has 0 saturated heterocycles. The molecule has 1 atom stereocenters. The number of nitro groups is 1. The van der Waals surface area contributed by atoms with Gasteiger partial charge in [0.25, 0.3) is 11.6 Å². The number of benzene rings is 2. The molecule has 0 aliphatic heterocycles. The average Bonchev–Trinajstić information content (AvgIpc) is 2.80. The Morgan fingerprint density at radius 2 is 1.83 bits per heavy atom. The maximum atomic E-state index is 13.7. The fraction of sp³-hybridized carbons (Fsp3) is 0.364. The van der Waals surface area contributed by atoms with Crippen LogP contribution in [0.15, 0.2) is 47.4 Å². The normalized spacial score (nSPS) is 12.5. The van der Waals surface area contributed by atoms with Gasteiger partial charge in [-0.05, 0) is 45.9 Å². The van der Waals surface area contributed by atoms with Gasteiger partial charge in [0, 0.05) is 18.2 Å². The van der Waals surface area contributed by atoms with E-state index in [1.54, 1.807) is 20.8 Å². The zero-order valence-corrected chi connectivity index (χ0v) is 21.2. The first-order valence-corrected chi connectivity index (χ1v) is 12.0. The lowest BCUT2D eigenvalue weighted by atomic mass is 10.1. The van der Waals surface area contributed by atoms with Crippen molar-refractivity contribution in [2.24, 2.45) is 0 Å². The summed E-state index contributed by atoms with van der Waals surface area (Å²) in [6, 6.07) is 7.57. The van der Waals surface area contributed by atoms with Crippen molar-refractivity contribution >= 4 is 33.4 Å². The van der Waals surface area contributed by atoms with Crippen LogP contribution in [0.4, 0.5) is 16.2 Å². The van der Waals surface area contributed by atoms with Gasteiger partial charge in [-0.2, -0.15) is 4.31 Å². The molecule has 2 aromatic rings. The molecule has 196 valence electrons. The number of amides is 2. The van der Waals surface area contributed by atoms with E-state index >= 15 is 0 Å². The fourth-order valence-corrected chi connectivity index (χ4v) is 4.74. The van der Waals surface area contributed by atoms with Gasteiger partial charge in [-0.1, -0.05) is 18.2 Å². The molecule has 0 aliphatic rings. The molecule has 0 bridgehead atoms. The first kappa shape index (κ1) is 28.5. The summed E-state index contributed by atoms with van der Waals surface area (Å²) in [4.78, 5) is 34.9. The SMILES string of the molecule is COc1ccc(S(=O)(=O)N(Cc2ccccc2[N+](=O)[O-])[C@@H](C)C(=O)NO)cc1NC(=O)OC(C)(C)C. The maximum absolute atomic E-state index is 13.7. The minimum atomic E-state index is -4.52. The van der Waals surface area contributed by atoms with E-state index in [4.69, 9.17) is 14.7 Å². The summed E-state index contributed by atoms with van der Waals surface area (Å²) in [6.45, 7) is 5.60. The van der Waals surface area contributed by atoms with Crippen LogP contribution in [0, 0.1) is 10.1 Å². The van der Waals surface area contributed by atoms with E-state index in [1.807, 2.05) is 0 Å². The summed E-state index contributed by atoms with van der Waals surface area (Å²) in [6.07, 6.45) is -0.861. The predicted octanol–water partition coefficient (Wildman–Crippen LogP) is 3.04. The molecule has 36 heavy (non-hydrogen) atoms. The molecule has 2 amide bonds. The van der Waals surface area contributed by atoms with Crippen LogP contribution in [0.25, 0.3) is 0 Å². The van der Waals surface area contributed by atoms with Crippen molar-refractivity contribution in [1.82, 2.24) is 9.79 Å². The van der Waals surface area contributed by atoms with Crippen LogP contribution in [-0.2, 0) is 26.1 Å². The highest BCUT2D eigenvalue weighted by atomic mass is 32.2. The van der Waals surface area contributed by atoms with Crippen molar-refractivity contribution in [2.75, 3.05) is 12.4 Å². The molecule has 0 fully saturated rings. The lowest BCUT2D eigenvalue weighted by Crippen LogP contribution is -2.46. The first-order valence-electron chi connectivity index (χ1n) is 10.6. The van der Waals surface area contributed by atoms with Crippen LogP contribution in [0.2, 0.25) is 0 Å². The van der Waals surface area contributed by atoms with E-state index in [1.165, 1.54) is 55.9 Å². The Morgan fingerprint density at radius 3 is 2.39 bits per heavy atom. The molecule has 0 heterocycles. The van der Waals surface area contributed by atoms with E-state index in [0.29, 0.717) is 4.31 Å². The predicted molar refractivity (Wildman–Crippen MR) is 128 cm³/mol. The summed E-state index contributed by atoms with van der Waals surface area (Å²) in [5.41, 5.74) is 0.210. The Morgan fingerprint density at radius 1 is 1.19 bits per heavy atom. The highest BCUT2D eigenvalue weighted by molar-refractivity contribution is 7.89. The van der Waals surface area contributed by atoms with Gasteiger partial charge < -0.3 is 9.47 Å². The monoisotopic (exact) mass is 524 g/mol. The van der Waals surface area contributed by atoms with Crippen molar-refractivity contribution in [3.8, 4) is 5.75 Å². The number of methoxy groups -OCH3 is 1. The average molecular weight is 525 g/mol. The van der Waals surface area contributed by atoms with Gasteiger partial charge in [-0.25, -0.2) is 18.7 Å². The van der Waals surface area contributed by atoms with E-state index in [9.17, 15) is 28.1 Å². The molecule has 0 aromatic heterocycles. The van der Waals surface area contributed by atoms with Crippen LogP contribution >= 0.6 is 0 Å². The number of para-hydroxylation sites is 1. The summed E-state index contributed by atoms with van der Waals surface area (Å²) < 4.78 is 38.4. The standard InChI is InChI=1S/C22H28N4O9S/c1-14(20(27)24-29)25(13-15-8-6-7-9-18(15)26(30)31)36(32,33)16-10-11-19(34-5)17(12-16)23-21(28)35-22(2,3)4/h6-12,14,29H,13H2,1-5H3,(H,23,28)(H,24,27)/t14-/m0/s1. The van der Waals surface area contributed by atoms with Crippen molar-refractivity contribution in [2.45, 2.75) is 50.8 Å². The molecular weight excluding hydrogens is 496 g/mol. The van der Waals surface area contributed by atoms with Crippen LogP contribution in [0.5, 0.6) is 5.75 Å². The van der Waals surface area contributed by atoms with Crippen LogP contribution in [0.3, 0.4) is 0 Å². The van der Waals surface area contributed by atoms with Gasteiger partial charge in [-0.15, -0.1) is 0 Å². The summed E-state index contributed by atoms with van der Waals surface area (Å²) in [5.74, 6) is -0.927. The molecule has 13 nitrogen and oxygen atoms in total. The number of nitro benzene ring substituents is 1. The van der Waals surface area contributed by atoms with Crippen LogP contribution in [0.1, 0.15) is 33.3 Å². The van der Waals surface area contributed by atoms with E-state index in [0.717, 1.165) is 6.07 Å². The quantitative estimate of drug-likeness (QED) is 0.253. The van der Waals surface area contributed by atoms with E-state index in [2.05, 4.69) is 5.32 Å². The zero-order chi connectivity index (χ0) is 27.3. The van der Waals surface area contributed by atoms with Crippen molar-refractivity contribution < 1.29 is 37.6 Å². The molecular formula is C22H28N4O9S. The number of hydroxylamine groups is 1. The Hall–Kier alpha value is -3.75. The minimum Gasteiger partial charge on any atom is -0.495 e. The maximum Gasteiger partial charge on any atom is 0.412 e. The smallest absolute Gasteiger partial charge is 0.412 e. The van der Waals surface area contributed by atoms with E-state index < -0.39 is 45.1 Å². The second-order valence-electron chi connectivity index (χ2n) is 8.58. The molecule has 2 aromatic carbocycles. The molecule has 2 rings (SSSR count). The summed E-state index contributed by atoms with van der Waals surface area (Å²) in [7, 11) is -3.21. The lowest BCUT2D eigenvalue weighted by Gasteiger charge is -2.27. The third kappa shape index (κ3) is 6.90. The van der Waals surface area contributed by atoms with Gasteiger partial charge >= 0.3 is 6.09 Å². The first-order chi connectivity index (χ1) is 16.7. The number of ether oxygens (including phenoxy) is 2. The number of hydrogen-bond donors (Lipinski definition) is 3. The second-order valence-corrected chi connectivity index (χ2v) is 10.5. The van der Waals surface area contributed by atoms with E-state index in [-0.39, 0.29) is 27.6 Å². The highest BCUT2D eigenvalue weighted by Gasteiger charge is 2.35. The Kier molecular flexibility index (Phi) is 8.96. The number of nitrogens with zero attached hydrogens (tertiary/aromatic N) is 2. The number of nitrogens with one attached hydrogen (secondary N) is 2. The molecule has 0 spiro atoms.